The molecule has 0 radical (unpaired) electrons. The lowest BCUT2D eigenvalue weighted by atomic mass is 10.0. The van der Waals surface area contributed by atoms with Crippen molar-refractivity contribution < 1.29 is 19.2 Å². The van der Waals surface area contributed by atoms with Crippen molar-refractivity contribution in [2.75, 3.05) is 12.3 Å². The lowest BCUT2D eigenvalue weighted by molar-refractivity contribution is -0.138. The topological polar surface area (TPSA) is 97.5 Å². The molecule has 1 aliphatic heterocycles. The van der Waals surface area contributed by atoms with E-state index in [4.69, 9.17) is 5.73 Å². The van der Waals surface area contributed by atoms with E-state index in [2.05, 4.69) is 13.8 Å². The molecular weight excluding hydrogens is 424 g/mol. The molecule has 0 saturated carbocycles. The summed E-state index contributed by atoms with van der Waals surface area (Å²) in [5.41, 5.74) is 5.90. The van der Waals surface area contributed by atoms with E-state index in [9.17, 15) is 19.2 Å². The number of carbonyl (C=O) groups excluding carboxylic acids is 4. The van der Waals surface area contributed by atoms with Crippen LogP contribution in [-0.2, 0) is 19.2 Å². The molecular formula is C25H44N2O4S. The number of rotatable bonds is 18. The molecule has 1 rings (SSSR count). The third-order valence-corrected chi connectivity index (χ3v) is 7.26. The number of unbranched alkanes of at least 4 members (excludes halogenated alkanes) is 5. The summed E-state index contributed by atoms with van der Waals surface area (Å²) in [6.07, 6.45) is 9.66. The van der Waals surface area contributed by atoms with Gasteiger partial charge in [-0.05, 0) is 25.2 Å². The molecule has 32 heavy (non-hydrogen) atoms. The molecule has 7 heteroatoms. The van der Waals surface area contributed by atoms with Gasteiger partial charge >= 0.3 is 0 Å². The van der Waals surface area contributed by atoms with Crippen molar-refractivity contribution in [2.24, 2.45) is 17.6 Å². The van der Waals surface area contributed by atoms with Crippen LogP contribution in [0.1, 0.15) is 98.3 Å². The van der Waals surface area contributed by atoms with Crippen LogP contribution in [0.3, 0.4) is 0 Å². The number of nitrogens with zero attached hydrogens (tertiary/aromatic N) is 1. The third-order valence-electron chi connectivity index (χ3n) is 5.94. The van der Waals surface area contributed by atoms with Gasteiger partial charge in [0, 0.05) is 37.5 Å². The van der Waals surface area contributed by atoms with Gasteiger partial charge in [0.1, 0.15) is 5.78 Å². The lowest BCUT2D eigenvalue weighted by Gasteiger charge is -2.16. The summed E-state index contributed by atoms with van der Waals surface area (Å²) < 4.78 is 0. The van der Waals surface area contributed by atoms with Crippen molar-refractivity contribution in [2.45, 2.75) is 110 Å². The zero-order chi connectivity index (χ0) is 24.1. The highest BCUT2D eigenvalue weighted by Crippen LogP contribution is 2.26. The van der Waals surface area contributed by atoms with Crippen LogP contribution in [0.4, 0.5) is 0 Å². The van der Waals surface area contributed by atoms with E-state index >= 15 is 0 Å². The van der Waals surface area contributed by atoms with Gasteiger partial charge in [-0.15, -0.1) is 11.8 Å². The molecule has 6 nitrogen and oxygen atoms in total. The minimum atomic E-state index is -0.602. The number of hydrogen-bond donors (Lipinski definition) is 1. The predicted octanol–water partition coefficient (Wildman–Crippen LogP) is 4.53. The normalized spacial score (nSPS) is 17.6. The molecule has 0 aromatic heterocycles. The number of ketones is 2. The Morgan fingerprint density at radius 2 is 1.56 bits per heavy atom. The Morgan fingerprint density at radius 1 is 0.969 bits per heavy atom. The Hall–Kier alpha value is -1.21. The van der Waals surface area contributed by atoms with E-state index in [0.29, 0.717) is 30.9 Å². The van der Waals surface area contributed by atoms with E-state index in [-0.39, 0.29) is 29.9 Å². The van der Waals surface area contributed by atoms with Crippen molar-refractivity contribution in [1.29, 1.82) is 0 Å². The highest BCUT2D eigenvalue weighted by Gasteiger charge is 2.38. The van der Waals surface area contributed by atoms with Gasteiger partial charge in [0.2, 0.25) is 11.8 Å². The van der Waals surface area contributed by atoms with E-state index in [1.165, 1.54) is 35.9 Å². The average molecular weight is 469 g/mol. The first-order valence-electron chi connectivity index (χ1n) is 12.4. The summed E-state index contributed by atoms with van der Waals surface area (Å²) in [5.74, 6) is 0.963. The second-order valence-electron chi connectivity index (χ2n) is 9.77. The van der Waals surface area contributed by atoms with Gasteiger partial charge < -0.3 is 5.73 Å². The second kappa shape index (κ2) is 15.6. The molecule has 0 aromatic carbocycles. The minimum absolute atomic E-state index is 0.0215. The van der Waals surface area contributed by atoms with Crippen LogP contribution < -0.4 is 5.73 Å². The third kappa shape index (κ3) is 11.1. The number of likely N-dealkylation sites (tertiary alicyclic amines) is 1. The number of imide groups is 1. The standard InChI is InChI=1S/C25H44N2O4S/c1-18(2)12-8-5-6-9-13-20(28)14-10-7-11-15-27-23(29)16-22(25(27)31)32-17-21(26)24(30)19(3)4/h18-19,21-22H,5-17,26H2,1-4H3/t21-,22?/m0/s1. The van der Waals surface area contributed by atoms with Crippen LogP contribution in [0.25, 0.3) is 0 Å². The smallest absolute Gasteiger partial charge is 0.242 e. The summed E-state index contributed by atoms with van der Waals surface area (Å²) in [5, 5.41) is -0.435. The first-order valence-corrected chi connectivity index (χ1v) is 13.4. The molecule has 184 valence electrons. The van der Waals surface area contributed by atoms with Crippen molar-refractivity contribution in [3.05, 3.63) is 0 Å². The maximum atomic E-state index is 12.5. The van der Waals surface area contributed by atoms with Crippen LogP contribution in [-0.4, -0.2) is 51.9 Å². The van der Waals surface area contributed by atoms with E-state index in [1.807, 2.05) is 0 Å². The van der Waals surface area contributed by atoms with Gasteiger partial charge in [-0.25, -0.2) is 0 Å². The Labute approximate surface area is 198 Å². The summed E-state index contributed by atoms with van der Waals surface area (Å²) >= 11 is 1.31. The van der Waals surface area contributed by atoms with Crippen molar-refractivity contribution in [1.82, 2.24) is 4.90 Å². The molecule has 0 bridgehead atoms. The molecule has 1 saturated heterocycles. The van der Waals surface area contributed by atoms with Crippen LogP contribution in [0.5, 0.6) is 0 Å². The largest absolute Gasteiger partial charge is 0.321 e. The van der Waals surface area contributed by atoms with Gasteiger partial charge in [0.15, 0.2) is 5.78 Å². The maximum absolute atomic E-state index is 12.5. The first-order chi connectivity index (χ1) is 15.1. The fourth-order valence-corrected chi connectivity index (χ4v) is 5.00. The highest BCUT2D eigenvalue weighted by molar-refractivity contribution is 8.00. The zero-order valence-electron chi connectivity index (χ0n) is 20.6. The number of carbonyl (C=O) groups is 4. The molecule has 2 atom stereocenters. The SMILES string of the molecule is CC(C)CCCCCCC(=O)CCCCCN1C(=O)CC(SC[C@H](N)C(=O)C(C)C)C1=O. The number of Topliss-reactive ketones (excluding diaryl/α,β-unsaturated/α-hetero) is 2. The van der Waals surface area contributed by atoms with E-state index < -0.39 is 11.3 Å². The van der Waals surface area contributed by atoms with Gasteiger partial charge in [0.25, 0.3) is 0 Å². The minimum Gasteiger partial charge on any atom is -0.321 e. The number of nitrogens with two attached hydrogens (primary N) is 1. The van der Waals surface area contributed by atoms with Crippen molar-refractivity contribution >= 4 is 35.1 Å². The molecule has 1 heterocycles. The fraction of sp³-hybridized carbons (Fsp3) is 0.840. The van der Waals surface area contributed by atoms with Crippen molar-refractivity contribution in [3.63, 3.8) is 0 Å². The van der Waals surface area contributed by atoms with Crippen LogP contribution >= 0.6 is 11.8 Å². The summed E-state index contributed by atoms with van der Waals surface area (Å²) in [6.45, 7) is 8.51. The average Bonchev–Trinajstić information content (AvgIpc) is 3.00. The van der Waals surface area contributed by atoms with E-state index in [0.717, 1.165) is 38.0 Å². The monoisotopic (exact) mass is 468 g/mol. The number of hydrogen-bond acceptors (Lipinski definition) is 6. The summed E-state index contributed by atoms with van der Waals surface area (Å²) in [6, 6.07) is -0.602. The molecule has 0 aliphatic carbocycles. The Kier molecular flexibility index (Phi) is 14.0. The molecule has 0 aromatic rings. The predicted molar refractivity (Wildman–Crippen MR) is 131 cm³/mol. The Morgan fingerprint density at radius 3 is 2.16 bits per heavy atom. The summed E-state index contributed by atoms with van der Waals surface area (Å²) in [4.78, 5) is 50.0. The highest BCUT2D eigenvalue weighted by atomic mass is 32.2. The van der Waals surface area contributed by atoms with E-state index in [1.54, 1.807) is 13.8 Å². The van der Waals surface area contributed by atoms with Crippen LogP contribution in [0.15, 0.2) is 0 Å². The fourth-order valence-electron chi connectivity index (χ4n) is 3.87. The first kappa shape index (κ1) is 28.8. The Bertz CT molecular complexity index is 621. The van der Waals surface area contributed by atoms with Gasteiger partial charge in [0.05, 0.1) is 11.3 Å². The van der Waals surface area contributed by atoms with Gasteiger partial charge in [-0.3, -0.25) is 24.1 Å². The maximum Gasteiger partial charge on any atom is 0.242 e. The molecule has 1 aliphatic rings. The van der Waals surface area contributed by atoms with Crippen LogP contribution in [0.2, 0.25) is 0 Å². The molecule has 2 amide bonds. The molecule has 0 spiro atoms. The number of amides is 2. The molecule has 1 unspecified atom stereocenters. The quantitative estimate of drug-likeness (QED) is 0.234. The second-order valence-corrected chi connectivity index (χ2v) is 11.0. The summed E-state index contributed by atoms with van der Waals surface area (Å²) in [7, 11) is 0. The Balaban J connectivity index is 2.16. The molecule has 1 fully saturated rings. The molecule has 2 N–H and O–H groups in total. The lowest BCUT2D eigenvalue weighted by Crippen LogP contribution is -2.37. The van der Waals surface area contributed by atoms with Gasteiger partial charge in [-0.1, -0.05) is 59.8 Å². The number of thioether (sulfide) groups is 1. The van der Waals surface area contributed by atoms with Crippen molar-refractivity contribution in [3.8, 4) is 0 Å². The van der Waals surface area contributed by atoms with Gasteiger partial charge in [-0.2, -0.15) is 0 Å². The zero-order valence-corrected chi connectivity index (χ0v) is 21.4. The van der Waals surface area contributed by atoms with Crippen LogP contribution in [0, 0.1) is 11.8 Å².